The van der Waals surface area contributed by atoms with Crippen molar-refractivity contribution in [3.63, 3.8) is 0 Å². The fraction of sp³-hybridized carbons (Fsp3) is 0.524. The minimum atomic E-state index is -1.43. The molecular formula is C42H59N5O11. The molecule has 16 heteroatoms. The summed E-state index contributed by atoms with van der Waals surface area (Å²) in [7, 11) is 2.81. The predicted molar refractivity (Wildman–Crippen MR) is 214 cm³/mol. The number of carbonyl (C=O) groups excluding carboxylic acids is 6. The van der Waals surface area contributed by atoms with E-state index in [-0.39, 0.29) is 42.9 Å². The van der Waals surface area contributed by atoms with E-state index in [1.165, 1.54) is 62.5 Å². The number of cyclic esters (lactones) is 1. The number of Topliss-reactive ketones (excluding diaryl/α,β-unsaturated/α-hetero) is 1. The van der Waals surface area contributed by atoms with Gasteiger partial charge in [0.2, 0.25) is 11.8 Å². The van der Waals surface area contributed by atoms with Gasteiger partial charge in [-0.3, -0.25) is 33.8 Å². The van der Waals surface area contributed by atoms with Crippen LogP contribution in [0.2, 0.25) is 0 Å². The summed E-state index contributed by atoms with van der Waals surface area (Å²) in [6, 6.07) is 2.23. The summed E-state index contributed by atoms with van der Waals surface area (Å²) in [5.41, 5.74) is 3.77. The quantitative estimate of drug-likeness (QED) is 0.0917. The van der Waals surface area contributed by atoms with Crippen LogP contribution in [0.5, 0.6) is 5.75 Å². The average molecular weight is 810 g/mol. The number of phenols is 1. The number of aliphatic hydroxyl groups is 2. The Hall–Kier alpha value is -5.16. The molecule has 58 heavy (non-hydrogen) atoms. The first-order chi connectivity index (χ1) is 27.4. The van der Waals surface area contributed by atoms with Crippen molar-refractivity contribution in [3.8, 4) is 5.75 Å². The van der Waals surface area contributed by atoms with Gasteiger partial charge in [-0.2, -0.15) is 0 Å². The van der Waals surface area contributed by atoms with Crippen LogP contribution in [0.4, 0.5) is 0 Å². The smallest absolute Gasteiger partial charge is 0.325 e. The van der Waals surface area contributed by atoms with Gasteiger partial charge in [-0.25, -0.2) is 10.5 Å². The van der Waals surface area contributed by atoms with Crippen molar-refractivity contribution in [2.24, 2.45) is 17.8 Å². The predicted octanol–water partition coefficient (Wildman–Crippen LogP) is 2.48. The van der Waals surface area contributed by atoms with Crippen LogP contribution in [-0.2, 0) is 38.3 Å². The molecule has 0 saturated carbocycles. The van der Waals surface area contributed by atoms with E-state index in [0.29, 0.717) is 18.4 Å². The number of hydroxylamine groups is 2. The van der Waals surface area contributed by atoms with Crippen LogP contribution in [0.1, 0.15) is 78.3 Å². The molecule has 0 aliphatic carbocycles. The number of hydrogen-bond acceptors (Lipinski definition) is 12. The number of phenolic OH excluding ortho intramolecular Hbond substituents is 1. The molecule has 0 spiro atoms. The molecular weight excluding hydrogens is 750 g/mol. The van der Waals surface area contributed by atoms with Crippen LogP contribution in [0.25, 0.3) is 0 Å². The number of ketones is 1. The van der Waals surface area contributed by atoms with Gasteiger partial charge in [-0.15, -0.1) is 0 Å². The van der Waals surface area contributed by atoms with E-state index in [2.05, 4.69) is 16.1 Å². The Labute approximate surface area is 339 Å². The van der Waals surface area contributed by atoms with Crippen molar-refractivity contribution in [1.82, 2.24) is 26.1 Å². The molecule has 8 atom stereocenters. The standard InChI is InChI=1S/C42H59N5O11/c1-25(2)36-40(54)44-37(29-15-12-16-30(49)24-29)41(55)47-23-13-17-32(45-47)42(56)58-34(26(3)14-11-20-35(51)46(6)57-7)19-10-8-9-18-33(50)28(5)38(52)31(39(53)43-36)22-21-27(4)48/h8-12,14-16,18,20,24-25,28,31-34,36-38,45,49-50,52H,13,17,19,21-23H2,1-7H3,(H,43,53)(H,44,54)/b10-8+,18-9+,20-11+,26-14+/t28?,31-,32?,33+,34+,36+,37?,38-/m1/s1. The molecule has 2 heterocycles. The van der Waals surface area contributed by atoms with Crippen LogP contribution < -0.4 is 16.1 Å². The number of likely N-dealkylation sites (N-methyl/N-ethyl adjacent to an activating group) is 1. The fourth-order valence-corrected chi connectivity index (χ4v) is 6.44. The Balaban J connectivity index is 2.09. The number of allylic oxidation sites excluding steroid dienone is 4. The van der Waals surface area contributed by atoms with E-state index in [1.807, 2.05) is 0 Å². The van der Waals surface area contributed by atoms with Crippen molar-refractivity contribution < 1.29 is 53.7 Å². The number of benzene rings is 1. The summed E-state index contributed by atoms with van der Waals surface area (Å²) in [6.45, 7) is 8.19. The summed E-state index contributed by atoms with van der Waals surface area (Å²) in [6.07, 6.45) is 8.05. The minimum Gasteiger partial charge on any atom is -0.508 e. The van der Waals surface area contributed by atoms with Gasteiger partial charge in [0.05, 0.1) is 25.2 Å². The molecule has 2 bridgehead atoms. The van der Waals surface area contributed by atoms with Crippen molar-refractivity contribution in [2.75, 3.05) is 20.7 Å². The van der Waals surface area contributed by atoms with Crippen LogP contribution in [-0.4, -0.2) is 112 Å². The third-order valence-corrected chi connectivity index (χ3v) is 10.2. The lowest BCUT2D eigenvalue weighted by molar-refractivity contribution is -0.162. The average Bonchev–Trinajstić information content (AvgIpc) is 3.19. The zero-order valence-corrected chi connectivity index (χ0v) is 34.3. The third kappa shape index (κ3) is 13.7. The molecule has 3 unspecified atom stereocenters. The molecule has 2 aliphatic rings. The fourth-order valence-electron chi connectivity index (χ4n) is 6.44. The number of hydrazine groups is 1. The van der Waals surface area contributed by atoms with Crippen LogP contribution in [0.15, 0.2) is 72.4 Å². The Morgan fingerprint density at radius 3 is 2.47 bits per heavy atom. The lowest BCUT2D eigenvalue weighted by Gasteiger charge is -2.36. The van der Waals surface area contributed by atoms with E-state index < -0.39 is 83.8 Å². The number of nitrogens with zero attached hydrogens (tertiary/aromatic N) is 2. The Morgan fingerprint density at radius 2 is 1.81 bits per heavy atom. The number of hydrogen-bond donors (Lipinski definition) is 6. The second-order valence-corrected chi connectivity index (χ2v) is 15.0. The first-order valence-corrected chi connectivity index (χ1v) is 19.5. The maximum absolute atomic E-state index is 14.3. The van der Waals surface area contributed by atoms with Gasteiger partial charge in [0.1, 0.15) is 35.8 Å². The van der Waals surface area contributed by atoms with Crippen molar-refractivity contribution >= 4 is 35.4 Å². The molecule has 3 rings (SSSR count). The van der Waals surface area contributed by atoms with Gasteiger partial charge < -0.3 is 35.5 Å². The molecule has 16 nitrogen and oxygen atoms in total. The lowest BCUT2D eigenvalue weighted by atomic mass is 9.84. The van der Waals surface area contributed by atoms with Gasteiger partial charge in [0.15, 0.2) is 0 Å². The lowest BCUT2D eigenvalue weighted by Crippen LogP contribution is -2.59. The third-order valence-electron chi connectivity index (χ3n) is 10.2. The molecule has 4 amide bonds. The van der Waals surface area contributed by atoms with Crippen LogP contribution in [0, 0.1) is 17.8 Å². The van der Waals surface area contributed by atoms with E-state index in [4.69, 9.17) is 9.57 Å². The maximum atomic E-state index is 14.3. The van der Waals surface area contributed by atoms with Gasteiger partial charge in [-0.05, 0) is 62.3 Å². The summed E-state index contributed by atoms with van der Waals surface area (Å²) < 4.78 is 5.98. The SMILES string of the molecule is CON(C)C(=O)/C=C/C=C(\C)[C@@H]1C/C=C/C=C/[C@H](O)C(C)[C@@H](O)[C@@H](CCC(C)=O)C(=O)N[C@@H](C(C)C)C(=O)NC(c2cccc(O)c2)C(=O)N2CCCC(N2)C(=O)O1. The van der Waals surface area contributed by atoms with E-state index in [1.54, 1.807) is 58.1 Å². The molecule has 318 valence electrons. The molecule has 1 aromatic carbocycles. The molecule has 2 aliphatic heterocycles. The van der Waals surface area contributed by atoms with E-state index in [9.17, 15) is 44.1 Å². The Bertz CT molecular complexity index is 1740. The van der Waals surface area contributed by atoms with Gasteiger partial charge in [-0.1, -0.05) is 69.4 Å². The number of amides is 4. The van der Waals surface area contributed by atoms with Crippen molar-refractivity contribution in [2.45, 2.75) is 103 Å². The summed E-state index contributed by atoms with van der Waals surface area (Å²) in [5, 5.41) is 40.5. The molecule has 1 aromatic rings. The number of ether oxygens (including phenoxy) is 1. The van der Waals surface area contributed by atoms with Gasteiger partial charge in [0, 0.05) is 38.4 Å². The van der Waals surface area contributed by atoms with E-state index >= 15 is 0 Å². The normalized spacial score (nSPS) is 28.4. The number of fused-ring (bicyclic) bond motifs is 2. The van der Waals surface area contributed by atoms with Crippen LogP contribution >= 0.6 is 0 Å². The molecule has 1 fully saturated rings. The van der Waals surface area contributed by atoms with Gasteiger partial charge >= 0.3 is 5.97 Å². The van der Waals surface area contributed by atoms with Crippen molar-refractivity contribution in [1.29, 1.82) is 0 Å². The zero-order valence-electron chi connectivity index (χ0n) is 34.3. The van der Waals surface area contributed by atoms with Gasteiger partial charge in [0.25, 0.3) is 11.8 Å². The maximum Gasteiger partial charge on any atom is 0.325 e. The summed E-state index contributed by atoms with van der Waals surface area (Å²) in [4.78, 5) is 85.1. The molecule has 6 N–H and O–H groups in total. The number of aromatic hydroxyl groups is 1. The number of carbonyl (C=O) groups is 6. The Kier molecular flexibility index (Phi) is 18.5. The van der Waals surface area contributed by atoms with E-state index in [0.717, 1.165) is 5.06 Å². The largest absolute Gasteiger partial charge is 0.508 e. The highest BCUT2D eigenvalue weighted by molar-refractivity contribution is 5.93. The summed E-state index contributed by atoms with van der Waals surface area (Å²) >= 11 is 0. The number of aliphatic hydroxyl groups excluding tert-OH is 2. The number of esters is 1. The summed E-state index contributed by atoms with van der Waals surface area (Å²) in [5.74, 6) is -6.16. The zero-order chi connectivity index (χ0) is 43.1. The second-order valence-electron chi connectivity index (χ2n) is 15.0. The first-order valence-electron chi connectivity index (χ1n) is 19.5. The van der Waals surface area contributed by atoms with Crippen LogP contribution in [0.3, 0.4) is 0 Å². The minimum absolute atomic E-state index is 0.0388. The topological polar surface area (TPSA) is 224 Å². The monoisotopic (exact) mass is 809 g/mol. The highest BCUT2D eigenvalue weighted by atomic mass is 16.7. The highest BCUT2D eigenvalue weighted by Crippen LogP contribution is 2.26. The number of nitrogens with one attached hydrogen (secondary N) is 3. The molecule has 0 radical (unpaired) electrons. The number of rotatable bonds is 9. The molecule has 1 saturated heterocycles. The highest BCUT2D eigenvalue weighted by Gasteiger charge is 2.39. The Morgan fingerprint density at radius 1 is 1.09 bits per heavy atom. The molecule has 0 aromatic heterocycles. The van der Waals surface area contributed by atoms with Crippen molar-refractivity contribution in [3.05, 3.63) is 77.9 Å². The second kappa shape index (κ2) is 22.7. The first kappa shape index (κ1) is 47.2.